The zero-order valence-electron chi connectivity index (χ0n) is 12.4. The van der Waals surface area contributed by atoms with Gasteiger partial charge in [0.2, 0.25) is 0 Å². The lowest BCUT2D eigenvalue weighted by atomic mass is 9.69. The quantitative estimate of drug-likeness (QED) is 0.918. The SMILES string of the molecule is CNC(c1ccncc1OC)C1CCOC2(CCC2)C1. The molecule has 1 aliphatic carbocycles. The second kappa shape index (κ2) is 5.70. The highest BCUT2D eigenvalue weighted by atomic mass is 16.5. The highest BCUT2D eigenvalue weighted by molar-refractivity contribution is 5.33. The second-order valence-electron chi connectivity index (χ2n) is 6.02. The average molecular weight is 276 g/mol. The van der Waals surface area contributed by atoms with Crippen LogP contribution in [0.5, 0.6) is 5.75 Å². The lowest BCUT2D eigenvalue weighted by Gasteiger charge is -2.48. The Bertz CT molecular complexity index is 460. The van der Waals surface area contributed by atoms with Gasteiger partial charge in [0.15, 0.2) is 0 Å². The third-order valence-corrected chi connectivity index (χ3v) is 4.95. The highest BCUT2D eigenvalue weighted by Gasteiger charge is 2.44. The van der Waals surface area contributed by atoms with Gasteiger partial charge in [-0.05, 0) is 51.1 Å². The third kappa shape index (κ3) is 2.42. The number of ether oxygens (including phenoxy) is 2. The average Bonchev–Trinajstić information content (AvgIpc) is 2.47. The molecule has 0 bridgehead atoms. The second-order valence-corrected chi connectivity index (χ2v) is 6.02. The molecule has 1 spiro atoms. The summed E-state index contributed by atoms with van der Waals surface area (Å²) in [7, 11) is 3.75. The number of nitrogens with one attached hydrogen (secondary N) is 1. The van der Waals surface area contributed by atoms with Crippen LogP contribution in [0.4, 0.5) is 0 Å². The standard InChI is InChI=1S/C16H24N2O2/c1-17-15(13-4-8-18-11-14(13)19-2)12-5-9-20-16(10-12)6-3-7-16/h4,8,11-12,15,17H,3,5-7,9-10H2,1-2H3. The van der Waals surface area contributed by atoms with E-state index in [9.17, 15) is 0 Å². The van der Waals surface area contributed by atoms with Crippen molar-refractivity contribution in [2.24, 2.45) is 5.92 Å². The van der Waals surface area contributed by atoms with E-state index in [1.54, 1.807) is 13.3 Å². The predicted octanol–water partition coefficient (Wildman–Crippen LogP) is 2.70. The van der Waals surface area contributed by atoms with E-state index >= 15 is 0 Å². The van der Waals surface area contributed by atoms with E-state index in [1.165, 1.54) is 24.8 Å². The Balaban J connectivity index is 1.82. The van der Waals surface area contributed by atoms with E-state index in [2.05, 4.69) is 16.4 Å². The molecule has 110 valence electrons. The smallest absolute Gasteiger partial charge is 0.141 e. The summed E-state index contributed by atoms with van der Waals surface area (Å²) in [6.45, 7) is 0.885. The molecule has 2 unspecified atom stereocenters. The molecule has 0 radical (unpaired) electrons. The van der Waals surface area contributed by atoms with Gasteiger partial charge in [0, 0.05) is 24.4 Å². The first-order chi connectivity index (χ1) is 9.78. The van der Waals surface area contributed by atoms with Crippen molar-refractivity contribution in [2.75, 3.05) is 20.8 Å². The maximum atomic E-state index is 6.05. The summed E-state index contributed by atoms with van der Waals surface area (Å²) in [5.41, 5.74) is 1.39. The fourth-order valence-electron chi connectivity index (χ4n) is 3.73. The molecule has 4 nitrogen and oxygen atoms in total. The Kier molecular flexibility index (Phi) is 3.94. The van der Waals surface area contributed by atoms with E-state index in [-0.39, 0.29) is 5.60 Å². The Morgan fingerprint density at radius 2 is 2.35 bits per heavy atom. The normalized spacial score (nSPS) is 26.0. The molecule has 1 saturated carbocycles. The lowest BCUT2D eigenvalue weighted by Crippen LogP contribution is -2.47. The molecule has 20 heavy (non-hydrogen) atoms. The van der Waals surface area contributed by atoms with Crippen molar-refractivity contribution in [1.82, 2.24) is 10.3 Å². The minimum Gasteiger partial charge on any atom is -0.495 e. The summed E-state index contributed by atoms with van der Waals surface area (Å²) in [6, 6.07) is 2.39. The highest BCUT2D eigenvalue weighted by Crippen LogP contribution is 2.47. The molecule has 0 amide bonds. The van der Waals surface area contributed by atoms with E-state index < -0.39 is 0 Å². The molecular formula is C16H24N2O2. The van der Waals surface area contributed by atoms with Gasteiger partial charge in [-0.15, -0.1) is 0 Å². The van der Waals surface area contributed by atoms with Crippen LogP contribution in [-0.2, 0) is 4.74 Å². The number of methoxy groups -OCH3 is 1. The van der Waals surface area contributed by atoms with Crippen LogP contribution in [0.3, 0.4) is 0 Å². The third-order valence-electron chi connectivity index (χ3n) is 4.95. The van der Waals surface area contributed by atoms with Crippen LogP contribution in [-0.4, -0.2) is 31.3 Å². The van der Waals surface area contributed by atoms with Crippen molar-refractivity contribution in [3.63, 3.8) is 0 Å². The van der Waals surface area contributed by atoms with Gasteiger partial charge in [-0.1, -0.05) is 0 Å². The van der Waals surface area contributed by atoms with Gasteiger partial charge < -0.3 is 14.8 Å². The number of pyridine rings is 1. The summed E-state index contributed by atoms with van der Waals surface area (Å²) >= 11 is 0. The molecule has 1 aromatic heterocycles. The number of hydrogen-bond acceptors (Lipinski definition) is 4. The van der Waals surface area contributed by atoms with Gasteiger partial charge in [0.05, 0.1) is 18.9 Å². The predicted molar refractivity (Wildman–Crippen MR) is 77.8 cm³/mol. The number of nitrogens with zero attached hydrogens (tertiary/aromatic N) is 1. The van der Waals surface area contributed by atoms with Crippen LogP contribution in [0.25, 0.3) is 0 Å². The van der Waals surface area contributed by atoms with Crippen molar-refractivity contribution in [3.05, 3.63) is 24.0 Å². The Labute approximate surface area is 120 Å². The zero-order valence-corrected chi connectivity index (χ0v) is 12.4. The van der Waals surface area contributed by atoms with Crippen LogP contribution in [0.1, 0.15) is 43.7 Å². The molecule has 1 aromatic rings. The van der Waals surface area contributed by atoms with Crippen LogP contribution in [0.2, 0.25) is 0 Å². The fraction of sp³-hybridized carbons (Fsp3) is 0.688. The van der Waals surface area contributed by atoms with E-state index in [0.717, 1.165) is 25.2 Å². The number of aromatic nitrogens is 1. The monoisotopic (exact) mass is 276 g/mol. The molecule has 2 atom stereocenters. The van der Waals surface area contributed by atoms with E-state index in [4.69, 9.17) is 9.47 Å². The molecule has 3 rings (SSSR count). The summed E-state index contributed by atoms with van der Waals surface area (Å²) < 4.78 is 11.5. The maximum absolute atomic E-state index is 6.05. The van der Waals surface area contributed by atoms with Gasteiger partial charge >= 0.3 is 0 Å². The molecule has 1 N–H and O–H groups in total. The Morgan fingerprint density at radius 3 is 3.00 bits per heavy atom. The van der Waals surface area contributed by atoms with Gasteiger partial charge in [0.25, 0.3) is 0 Å². The van der Waals surface area contributed by atoms with Crippen LogP contribution < -0.4 is 10.1 Å². The van der Waals surface area contributed by atoms with Crippen molar-refractivity contribution in [1.29, 1.82) is 0 Å². The summed E-state index contributed by atoms with van der Waals surface area (Å²) in [4.78, 5) is 4.16. The summed E-state index contributed by atoms with van der Waals surface area (Å²) in [5.74, 6) is 1.48. The Hall–Kier alpha value is -1.13. The van der Waals surface area contributed by atoms with Crippen LogP contribution in [0.15, 0.2) is 18.5 Å². The van der Waals surface area contributed by atoms with Crippen molar-refractivity contribution >= 4 is 0 Å². The summed E-state index contributed by atoms with van der Waals surface area (Å²) in [5, 5.41) is 3.49. The van der Waals surface area contributed by atoms with Crippen molar-refractivity contribution < 1.29 is 9.47 Å². The van der Waals surface area contributed by atoms with Crippen molar-refractivity contribution in [3.8, 4) is 5.75 Å². The largest absolute Gasteiger partial charge is 0.495 e. The lowest BCUT2D eigenvalue weighted by molar-refractivity contribution is -0.147. The number of hydrogen-bond donors (Lipinski definition) is 1. The van der Waals surface area contributed by atoms with Crippen LogP contribution in [0, 0.1) is 5.92 Å². The van der Waals surface area contributed by atoms with E-state index in [0.29, 0.717) is 12.0 Å². The summed E-state index contributed by atoms with van der Waals surface area (Å²) in [6.07, 6.45) is 9.69. The first-order valence-corrected chi connectivity index (χ1v) is 7.57. The van der Waals surface area contributed by atoms with Gasteiger partial charge in [0.1, 0.15) is 5.75 Å². The molecule has 4 heteroatoms. The van der Waals surface area contributed by atoms with E-state index in [1.807, 2.05) is 13.2 Å². The number of rotatable bonds is 4. The molecule has 2 heterocycles. The first kappa shape index (κ1) is 13.8. The zero-order chi connectivity index (χ0) is 14.0. The maximum Gasteiger partial charge on any atom is 0.141 e. The molecule has 2 aliphatic rings. The first-order valence-electron chi connectivity index (χ1n) is 7.57. The molecule has 0 aromatic carbocycles. The minimum absolute atomic E-state index is 0.179. The molecule has 1 aliphatic heterocycles. The molecular weight excluding hydrogens is 252 g/mol. The topological polar surface area (TPSA) is 43.4 Å². The van der Waals surface area contributed by atoms with Crippen molar-refractivity contribution in [2.45, 2.75) is 43.7 Å². The van der Waals surface area contributed by atoms with Gasteiger partial charge in [-0.2, -0.15) is 0 Å². The van der Waals surface area contributed by atoms with Gasteiger partial charge in [-0.25, -0.2) is 0 Å². The van der Waals surface area contributed by atoms with Crippen LogP contribution >= 0.6 is 0 Å². The fourth-order valence-corrected chi connectivity index (χ4v) is 3.73. The molecule has 2 fully saturated rings. The minimum atomic E-state index is 0.179. The Morgan fingerprint density at radius 1 is 1.50 bits per heavy atom. The molecule has 1 saturated heterocycles. The van der Waals surface area contributed by atoms with Gasteiger partial charge in [-0.3, -0.25) is 4.98 Å².